The van der Waals surface area contributed by atoms with Gasteiger partial charge in [0.2, 0.25) is 5.91 Å². The fourth-order valence-corrected chi connectivity index (χ4v) is 6.81. The van der Waals surface area contributed by atoms with E-state index in [1.54, 1.807) is 0 Å². The number of carbonyl (C=O) groups is 3. The summed E-state index contributed by atoms with van der Waals surface area (Å²) in [6.07, 6.45) is -0.438. The highest BCUT2D eigenvalue weighted by atomic mass is 32.2. The fraction of sp³-hybridized carbons (Fsp3) is 0.481. The minimum Gasteiger partial charge on any atom is -0.490 e. The summed E-state index contributed by atoms with van der Waals surface area (Å²) in [6.45, 7) is 2.34. The SMILES string of the molecule is NCCCN=C(N)N1Cc2ccc(OCCO/N=C(\C(=O)CC3C(=O)N(S(=O)(=O)O)C3CN3CCOC3=O)c3csc(N)n3)cc2C1. The Morgan fingerprint density at radius 2 is 2.00 bits per heavy atom. The molecule has 2 unspecified atom stereocenters. The summed E-state index contributed by atoms with van der Waals surface area (Å²) in [5.41, 5.74) is 19.4. The van der Waals surface area contributed by atoms with Gasteiger partial charge in [0.25, 0.3) is 0 Å². The summed E-state index contributed by atoms with van der Waals surface area (Å²) in [5, 5.41) is 5.60. The van der Waals surface area contributed by atoms with E-state index in [1.807, 2.05) is 23.1 Å². The molecule has 2 aromatic rings. The third kappa shape index (κ3) is 7.89. The maximum atomic E-state index is 13.4. The number of nitrogen functional groups attached to an aromatic ring is 1. The second-order valence-electron chi connectivity index (χ2n) is 10.8. The molecule has 1 aromatic heterocycles. The molecule has 0 radical (unpaired) electrons. The Hall–Kier alpha value is -4.53. The van der Waals surface area contributed by atoms with Crippen LogP contribution in [0.15, 0.2) is 33.7 Å². The topological polar surface area (TPSA) is 259 Å². The Kier molecular flexibility index (Phi) is 10.4. The highest BCUT2D eigenvalue weighted by molar-refractivity contribution is 7.84. The Balaban J connectivity index is 1.19. The number of benzene rings is 1. The first kappa shape index (κ1) is 33.8. The number of hydrogen-bond acceptors (Lipinski definition) is 14. The Bertz CT molecular complexity index is 1680. The van der Waals surface area contributed by atoms with Crippen molar-refractivity contribution in [2.45, 2.75) is 32.0 Å². The van der Waals surface area contributed by atoms with Gasteiger partial charge in [-0.2, -0.15) is 8.42 Å². The zero-order valence-corrected chi connectivity index (χ0v) is 26.8. The van der Waals surface area contributed by atoms with E-state index in [9.17, 15) is 27.4 Å². The van der Waals surface area contributed by atoms with Crippen LogP contribution < -0.4 is 21.9 Å². The molecule has 0 saturated carbocycles. The summed E-state index contributed by atoms with van der Waals surface area (Å²) in [7, 11) is -4.94. The van der Waals surface area contributed by atoms with E-state index in [-0.39, 0.29) is 53.8 Å². The van der Waals surface area contributed by atoms with Crippen LogP contribution in [0.4, 0.5) is 9.93 Å². The number of rotatable bonds is 15. The number of ketones is 1. The van der Waals surface area contributed by atoms with Gasteiger partial charge < -0.3 is 41.3 Å². The monoisotopic (exact) mass is 693 g/mol. The van der Waals surface area contributed by atoms with Gasteiger partial charge in [0.15, 0.2) is 29.2 Å². The molecule has 3 aliphatic heterocycles. The number of anilines is 1. The van der Waals surface area contributed by atoms with Gasteiger partial charge in [-0.15, -0.1) is 11.3 Å². The first-order chi connectivity index (χ1) is 22.5. The zero-order chi connectivity index (χ0) is 33.7. The average Bonchev–Trinajstić information content (AvgIpc) is 3.76. The zero-order valence-electron chi connectivity index (χ0n) is 25.2. The summed E-state index contributed by atoms with van der Waals surface area (Å²) in [6, 6.07) is 4.49. The van der Waals surface area contributed by atoms with Crippen molar-refractivity contribution >= 4 is 56.2 Å². The van der Waals surface area contributed by atoms with Crippen LogP contribution in [-0.2, 0) is 42.6 Å². The molecule has 47 heavy (non-hydrogen) atoms. The largest absolute Gasteiger partial charge is 0.490 e. The van der Waals surface area contributed by atoms with Crippen molar-refractivity contribution in [3.8, 4) is 5.75 Å². The molecule has 2 amide bonds. The van der Waals surface area contributed by atoms with Gasteiger partial charge in [0.1, 0.15) is 24.7 Å². The van der Waals surface area contributed by atoms with Crippen LogP contribution in [0, 0.1) is 5.92 Å². The van der Waals surface area contributed by atoms with Gasteiger partial charge in [0.05, 0.1) is 18.5 Å². The van der Waals surface area contributed by atoms with Gasteiger partial charge in [-0.05, 0) is 36.2 Å². The van der Waals surface area contributed by atoms with Crippen molar-refractivity contribution in [2.75, 3.05) is 51.7 Å². The van der Waals surface area contributed by atoms with Crippen molar-refractivity contribution in [1.82, 2.24) is 19.1 Å². The molecule has 4 heterocycles. The molecule has 0 bridgehead atoms. The number of hydrogen-bond donors (Lipinski definition) is 4. The van der Waals surface area contributed by atoms with Crippen molar-refractivity contribution in [1.29, 1.82) is 0 Å². The molecular formula is C27H35N9O9S2. The predicted molar refractivity (Wildman–Crippen MR) is 169 cm³/mol. The molecule has 7 N–H and O–H groups in total. The van der Waals surface area contributed by atoms with E-state index in [4.69, 9.17) is 31.5 Å². The van der Waals surface area contributed by atoms with E-state index in [1.165, 1.54) is 10.3 Å². The minimum atomic E-state index is -4.94. The molecule has 2 atom stereocenters. The number of guanidine groups is 1. The molecule has 5 rings (SSSR count). The normalized spacial score (nSPS) is 19.9. The van der Waals surface area contributed by atoms with Crippen molar-refractivity contribution in [3.05, 3.63) is 40.4 Å². The Morgan fingerprint density at radius 1 is 1.21 bits per heavy atom. The standard InChI is InChI=1S/C27H35N9O9S2/c28-4-1-5-31-25(29)35-12-16-2-3-18(10-17(16)13-35)43-8-9-45-33-23(20-15-46-26(30)32-20)22(37)11-19-21(14-34-6-7-44-27(34)39)36(24(19)38)47(40,41)42/h2-3,10,15,19,21H,1,4-9,11-14,28H2,(H2,29,31)(H2,30,32)(H,40,41,42)/b33-23-. The molecule has 2 fully saturated rings. The lowest BCUT2D eigenvalue weighted by molar-refractivity contribution is -0.149. The van der Waals surface area contributed by atoms with Crippen LogP contribution in [-0.4, -0.2) is 114 Å². The third-order valence-corrected chi connectivity index (χ3v) is 9.32. The summed E-state index contributed by atoms with van der Waals surface area (Å²) < 4.78 is 44.3. The number of aromatic nitrogens is 1. The Morgan fingerprint density at radius 3 is 2.68 bits per heavy atom. The molecule has 2 saturated heterocycles. The first-order valence-corrected chi connectivity index (χ1v) is 16.9. The van der Waals surface area contributed by atoms with E-state index >= 15 is 0 Å². The van der Waals surface area contributed by atoms with E-state index < -0.39 is 46.5 Å². The van der Waals surface area contributed by atoms with E-state index in [0.717, 1.165) is 28.9 Å². The molecule has 254 valence electrons. The summed E-state index contributed by atoms with van der Waals surface area (Å²) in [5.74, 6) is -1.80. The van der Waals surface area contributed by atoms with Crippen molar-refractivity contribution in [2.24, 2.45) is 27.5 Å². The van der Waals surface area contributed by atoms with Crippen LogP contribution in [0.25, 0.3) is 0 Å². The number of oxime groups is 1. The van der Waals surface area contributed by atoms with Crippen LogP contribution in [0.5, 0.6) is 5.75 Å². The van der Waals surface area contributed by atoms with Crippen LogP contribution in [0.1, 0.15) is 29.7 Å². The van der Waals surface area contributed by atoms with E-state index in [2.05, 4.69) is 15.1 Å². The third-order valence-electron chi connectivity index (χ3n) is 7.69. The van der Waals surface area contributed by atoms with Crippen molar-refractivity contribution < 1.29 is 41.7 Å². The number of β-lactam (4-membered cyclic amide) rings is 1. The molecule has 0 aliphatic carbocycles. The number of nitrogens with two attached hydrogens (primary N) is 3. The lowest BCUT2D eigenvalue weighted by Crippen LogP contribution is -2.66. The van der Waals surface area contributed by atoms with E-state index in [0.29, 0.717) is 37.9 Å². The molecule has 20 heteroatoms. The highest BCUT2D eigenvalue weighted by Crippen LogP contribution is 2.34. The van der Waals surface area contributed by atoms with Gasteiger partial charge in [0, 0.05) is 38.0 Å². The molecule has 1 aromatic carbocycles. The maximum Gasteiger partial charge on any atom is 0.410 e. The number of fused-ring (bicyclic) bond motifs is 1. The molecular weight excluding hydrogens is 658 g/mol. The minimum absolute atomic E-state index is 0.0566. The Labute approximate surface area is 274 Å². The number of carbonyl (C=O) groups excluding carboxylic acids is 3. The maximum absolute atomic E-state index is 13.4. The second kappa shape index (κ2) is 14.5. The molecule has 18 nitrogen and oxygen atoms in total. The number of cyclic esters (lactones) is 1. The molecule has 3 aliphatic rings. The lowest BCUT2D eigenvalue weighted by atomic mass is 9.84. The van der Waals surface area contributed by atoms with Gasteiger partial charge >= 0.3 is 16.4 Å². The quantitative estimate of drug-likeness (QED) is 0.0460. The number of ether oxygens (including phenoxy) is 2. The van der Waals surface area contributed by atoms with Gasteiger partial charge in [-0.25, -0.2) is 14.1 Å². The first-order valence-electron chi connectivity index (χ1n) is 14.6. The van der Waals surface area contributed by atoms with Crippen LogP contribution in [0.3, 0.4) is 0 Å². The number of aliphatic imine (C=N–C) groups is 1. The number of Topliss-reactive ketones (excluding diaryl/α,β-unsaturated/α-hetero) is 1. The van der Waals surface area contributed by atoms with Gasteiger partial charge in [-0.3, -0.25) is 19.1 Å². The van der Waals surface area contributed by atoms with Gasteiger partial charge in [-0.1, -0.05) is 11.2 Å². The summed E-state index contributed by atoms with van der Waals surface area (Å²) >= 11 is 1.06. The smallest absolute Gasteiger partial charge is 0.410 e. The number of thiazole rings is 1. The highest BCUT2D eigenvalue weighted by Gasteiger charge is 2.55. The average molecular weight is 694 g/mol. The lowest BCUT2D eigenvalue weighted by Gasteiger charge is -2.45. The fourth-order valence-electron chi connectivity index (χ4n) is 5.35. The van der Waals surface area contributed by atoms with Crippen LogP contribution in [0.2, 0.25) is 0 Å². The van der Waals surface area contributed by atoms with Crippen LogP contribution >= 0.6 is 11.3 Å². The number of amides is 2. The predicted octanol–water partition coefficient (Wildman–Crippen LogP) is -0.455. The summed E-state index contributed by atoms with van der Waals surface area (Å²) in [4.78, 5) is 55.1. The second-order valence-corrected chi connectivity index (χ2v) is 13.0. The number of nitrogens with zero attached hydrogens (tertiary/aromatic N) is 6. The molecule has 0 spiro atoms. The van der Waals surface area contributed by atoms with Crippen molar-refractivity contribution in [3.63, 3.8) is 0 Å².